The summed E-state index contributed by atoms with van der Waals surface area (Å²) < 4.78 is 24.3. The molecule has 1 aromatic rings. The van der Waals surface area contributed by atoms with Crippen LogP contribution >= 0.6 is 11.6 Å². The molecule has 0 saturated carbocycles. The molecule has 100 valence electrons. The molecule has 1 aliphatic rings. The molecule has 1 N–H and O–H groups in total. The van der Waals surface area contributed by atoms with E-state index in [1.165, 1.54) is 0 Å². The van der Waals surface area contributed by atoms with Gasteiger partial charge in [-0.05, 0) is 38.0 Å². The second-order valence-electron chi connectivity index (χ2n) is 4.96. The maximum atomic E-state index is 12.1. The SMILES string of the molecule is CC1CCS(=O)(=O)C(C)C(c2ccc(Cl)cc2)N1. The van der Waals surface area contributed by atoms with Crippen LogP contribution in [0, 0.1) is 0 Å². The lowest BCUT2D eigenvalue weighted by molar-refractivity contribution is 0.452. The first kappa shape index (κ1) is 13.8. The van der Waals surface area contributed by atoms with Crippen molar-refractivity contribution in [2.75, 3.05) is 5.75 Å². The summed E-state index contributed by atoms with van der Waals surface area (Å²) >= 11 is 5.87. The molecule has 1 heterocycles. The van der Waals surface area contributed by atoms with Crippen molar-refractivity contribution in [3.63, 3.8) is 0 Å². The van der Waals surface area contributed by atoms with Gasteiger partial charge in [-0.15, -0.1) is 0 Å². The van der Waals surface area contributed by atoms with Crippen LogP contribution in [0.15, 0.2) is 24.3 Å². The van der Waals surface area contributed by atoms with Gasteiger partial charge in [0.05, 0.1) is 11.0 Å². The van der Waals surface area contributed by atoms with Gasteiger partial charge in [0.15, 0.2) is 9.84 Å². The van der Waals surface area contributed by atoms with Gasteiger partial charge in [0, 0.05) is 17.1 Å². The van der Waals surface area contributed by atoms with Gasteiger partial charge in [-0.2, -0.15) is 0 Å². The molecular weight excluding hydrogens is 270 g/mol. The first-order valence-electron chi connectivity index (χ1n) is 6.13. The molecule has 1 aromatic carbocycles. The van der Waals surface area contributed by atoms with Crippen LogP contribution in [0.25, 0.3) is 0 Å². The van der Waals surface area contributed by atoms with Crippen molar-refractivity contribution >= 4 is 21.4 Å². The van der Waals surface area contributed by atoms with Crippen molar-refractivity contribution in [2.45, 2.75) is 37.6 Å². The molecule has 3 unspecified atom stereocenters. The van der Waals surface area contributed by atoms with Crippen molar-refractivity contribution in [1.82, 2.24) is 5.32 Å². The third-order valence-corrected chi connectivity index (χ3v) is 6.03. The predicted octanol–water partition coefficient (Wildman–Crippen LogP) is 2.57. The Morgan fingerprint density at radius 1 is 1.22 bits per heavy atom. The molecule has 0 aromatic heterocycles. The zero-order chi connectivity index (χ0) is 13.3. The molecule has 1 fully saturated rings. The molecule has 0 bridgehead atoms. The average Bonchev–Trinajstić information content (AvgIpc) is 2.42. The van der Waals surface area contributed by atoms with Crippen LogP contribution in [0.4, 0.5) is 0 Å². The maximum Gasteiger partial charge on any atom is 0.154 e. The number of nitrogens with one attached hydrogen (secondary N) is 1. The first-order chi connectivity index (χ1) is 8.40. The van der Waals surface area contributed by atoms with E-state index in [-0.39, 0.29) is 17.8 Å². The van der Waals surface area contributed by atoms with E-state index in [1.54, 1.807) is 19.1 Å². The van der Waals surface area contributed by atoms with Gasteiger partial charge < -0.3 is 5.32 Å². The Bertz CT molecular complexity index is 512. The van der Waals surface area contributed by atoms with Crippen molar-refractivity contribution in [2.24, 2.45) is 0 Å². The Balaban J connectivity index is 2.37. The van der Waals surface area contributed by atoms with Gasteiger partial charge in [0.2, 0.25) is 0 Å². The first-order valence-corrected chi connectivity index (χ1v) is 8.22. The van der Waals surface area contributed by atoms with Crippen LogP contribution in [0.1, 0.15) is 31.9 Å². The van der Waals surface area contributed by atoms with Gasteiger partial charge >= 0.3 is 0 Å². The van der Waals surface area contributed by atoms with Gasteiger partial charge in [0.25, 0.3) is 0 Å². The highest BCUT2D eigenvalue weighted by molar-refractivity contribution is 7.92. The molecule has 2 rings (SSSR count). The fourth-order valence-corrected chi connectivity index (χ4v) is 4.13. The van der Waals surface area contributed by atoms with E-state index in [9.17, 15) is 8.42 Å². The molecule has 0 radical (unpaired) electrons. The number of hydrogen-bond donors (Lipinski definition) is 1. The Morgan fingerprint density at radius 3 is 2.44 bits per heavy atom. The summed E-state index contributed by atoms with van der Waals surface area (Å²) in [6.45, 7) is 3.80. The molecule has 3 atom stereocenters. The van der Waals surface area contributed by atoms with Gasteiger partial charge in [0.1, 0.15) is 0 Å². The van der Waals surface area contributed by atoms with E-state index in [4.69, 9.17) is 11.6 Å². The van der Waals surface area contributed by atoms with E-state index >= 15 is 0 Å². The third kappa shape index (κ3) is 2.87. The lowest BCUT2D eigenvalue weighted by Gasteiger charge is -2.24. The standard InChI is InChI=1S/C13H18ClNO2S/c1-9-7-8-18(16,17)10(2)13(15-9)11-3-5-12(14)6-4-11/h3-6,9-10,13,15H,7-8H2,1-2H3. The zero-order valence-electron chi connectivity index (χ0n) is 10.6. The third-order valence-electron chi connectivity index (χ3n) is 3.56. The summed E-state index contributed by atoms with van der Waals surface area (Å²) in [7, 11) is -3.03. The lowest BCUT2D eigenvalue weighted by Crippen LogP contribution is -2.36. The van der Waals surface area contributed by atoms with Crippen molar-refractivity contribution in [1.29, 1.82) is 0 Å². The van der Waals surface area contributed by atoms with Crippen LogP contribution in [-0.2, 0) is 9.84 Å². The second-order valence-corrected chi connectivity index (χ2v) is 7.87. The predicted molar refractivity (Wildman–Crippen MR) is 74.7 cm³/mol. The number of sulfone groups is 1. The summed E-state index contributed by atoms with van der Waals surface area (Å²) in [5.74, 6) is 0.256. The fraction of sp³-hybridized carbons (Fsp3) is 0.538. The molecule has 0 spiro atoms. The Kier molecular flexibility index (Phi) is 3.99. The maximum absolute atomic E-state index is 12.1. The Hall–Kier alpha value is -0.580. The van der Waals surface area contributed by atoms with Crippen LogP contribution in [0.3, 0.4) is 0 Å². The van der Waals surface area contributed by atoms with Crippen molar-refractivity contribution in [3.8, 4) is 0 Å². The van der Waals surface area contributed by atoms with E-state index in [0.29, 0.717) is 11.4 Å². The van der Waals surface area contributed by atoms with Crippen LogP contribution in [0.5, 0.6) is 0 Å². The van der Waals surface area contributed by atoms with Crippen LogP contribution in [0.2, 0.25) is 5.02 Å². The van der Waals surface area contributed by atoms with Crippen molar-refractivity contribution < 1.29 is 8.42 Å². The fourth-order valence-electron chi connectivity index (χ4n) is 2.30. The molecule has 0 aliphatic carbocycles. The molecular formula is C13H18ClNO2S. The highest BCUT2D eigenvalue weighted by Gasteiger charge is 2.34. The zero-order valence-corrected chi connectivity index (χ0v) is 12.1. The van der Waals surface area contributed by atoms with E-state index < -0.39 is 15.1 Å². The second kappa shape index (κ2) is 5.19. The van der Waals surface area contributed by atoms with Gasteiger partial charge in [-0.25, -0.2) is 8.42 Å². The topological polar surface area (TPSA) is 46.2 Å². The number of rotatable bonds is 1. The average molecular weight is 288 g/mol. The molecule has 3 nitrogen and oxygen atoms in total. The lowest BCUT2D eigenvalue weighted by atomic mass is 10.0. The monoisotopic (exact) mass is 287 g/mol. The smallest absolute Gasteiger partial charge is 0.154 e. The Labute approximate surface area is 113 Å². The summed E-state index contributed by atoms with van der Waals surface area (Å²) in [4.78, 5) is 0. The molecule has 18 heavy (non-hydrogen) atoms. The van der Waals surface area contributed by atoms with E-state index in [0.717, 1.165) is 5.56 Å². The number of halogens is 1. The largest absolute Gasteiger partial charge is 0.306 e. The summed E-state index contributed by atoms with van der Waals surface area (Å²) in [5, 5.41) is 3.65. The highest BCUT2D eigenvalue weighted by Crippen LogP contribution is 2.27. The normalized spacial score (nSPS) is 31.8. The molecule has 5 heteroatoms. The molecule has 1 aliphatic heterocycles. The summed E-state index contributed by atoms with van der Waals surface area (Å²) in [6.07, 6.45) is 0.663. The minimum atomic E-state index is -3.03. The van der Waals surface area contributed by atoms with E-state index in [2.05, 4.69) is 5.32 Å². The molecule has 1 saturated heterocycles. The van der Waals surface area contributed by atoms with E-state index in [1.807, 2.05) is 19.1 Å². The summed E-state index contributed by atoms with van der Waals surface area (Å²) in [5.41, 5.74) is 0.976. The van der Waals surface area contributed by atoms with Gasteiger partial charge in [-0.1, -0.05) is 23.7 Å². The quantitative estimate of drug-likeness (QED) is 0.863. The highest BCUT2D eigenvalue weighted by atomic mass is 35.5. The summed E-state index contributed by atoms with van der Waals surface area (Å²) in [6, 6.07) is 7.42. The minimum Gasteiger partial charge on any atom is -0.306 e. The van der Waals surface area contributed by atoms with Crippen LogP contribution in [-0.4, -0.2) is 25.5 Å². The number of hydrogen-bond acceptors (Lipinski definition) is 3. The van der Waals surface area contributed by atoms with Gasteiger partial charge in [-0.3, -0.25) is 0 Å². The van der Waals surface area contributed by atoms with Crippen LogP contribution < -0.4 is 5.32 Å². The minimum absolute atomic E-state index is 0.162. The number of benzene rings is 1. The van der Waals surface area contributed by atoms with Crippen molar-refractivity contribution in [3.05, 3.63) is 34.9 Å². The molecule has 0 amide bonds. The Morgan fingerprint density at radius 2 is 1.83 bits per heavy atom.